The van der Waals surface area contributed by atoms with E-state index in [1.165, 1.54) is 0 Å². The van der Waals surface area contributed by atoms with E-state index in [1.54, 1.807) is 0 Å². The monoisotopic (exact) mass is 314 g/mol. The Morgan fingerprint density at radius 1 is 0.421 bits per heavy atom. The Hall–Kier alpha value is -0.840. The molecule has 0 radical (unpaired) electrons. The quantitative estimate of drug-likeness (QED) is 0.471. The summed E-state index contributed by atoms with van der Waals surface area (Å²) in [6.07, 6.45) is -11.4. The van der Waals surface area contributed by atoms with E-state index in [-0.39, 0.29) is 0 Å². The first-order valence-electron chi connectivity index (χ1n) is 4.23. The van der Waals surface area contributed by atoms with E-state index in [0.717, 1.165) is 0 Å². The molecule has 0 unspecified atom stereocenters. The van der Waals surface area contributed by atoms with Gasteiger partial charge in [-0.1, -0.05) is 0 Å². The van der Waals surface area contributed by atoms with Crippen LogP contribution in [0, 0.1) is 0 Å². The summed E-state index contributed by atoms with van der Waals surface area (Å²) in [7, 11) is 0. The van der Waals surface area contributed by atoms with E-state index < -0.39 is 42.0 Å². The second-order valence-corrected chi connectivity index (χ2v) is 3.79. The molecular formula is C7H2F12. The number of halogens is 12. The lowest BCUT2D eigenvalue weighted by Crippen LogP contribution is -2.60. The zero-order chi connectivity index (χ0) is 15.7. The van der Waals surface area contributed by atoms with Crippen LogP contribution in [-0.4, -0.2) is 42.0 Å². The molecule has 0 bridgehead atoms. The number of rotatable bonds is 0. The molecular weight excluding hydrogens is 312 g/mol. The molecule has 0 heterocycles. The fourth-order valence-corrected chi connectivity index (χ4v) is 1.33. The van der Waals surface area contributed by atoms with Crippen LogP contribution >= 0.6 is 0 Å². The van der Waals surface area contributed by atoms with E-state index in [0.29, 0.717) is 0 Å². The van der Waals surface area contributed by atoms with Crippen LogP contribution < -0.4 is 0 Å². The Morgan fingerprint density at radius 2 is 0.632 bits per heavy atom. The lowest BCUT2D eigenvalue weighted by molar-refractivity contribution is -0.336. The molecule has 1 saturated carbocycles. The highest BCUT2D eigenvalue weighted by atomic mass is 19.4. The molecule has 19 heavy (non-hydrogen) atoms. The highest BCUT2D eigenvalue weighted by Gasteiger charge is 2.90. The van der Waals surface area contributed by atoms with Crippen LogP contribution in [0.2, 0.25) is 0 Å². The first-order valence-corrected chi connectivity index (χ1v) is 4.23. The number of alkyl halides is 12. The maximum Gasteiger partial charge on any atom is 0.378 e. The molecule has 0 aromatic carbocycles. The summed E-state index contributed by atoms with van der Waals surface area (Å²) in [5, 5.41) is 0. The second kappa shape index (κ2) is 3.62. The van der Waals surface area contributed by atoms with Gasteiger partial charge in [0, 0.05) is 0 Å². The van der Waals surface area contributed by atoms with Gasteiger partial charge in [-0.15, -0.1) is 0 Å². The molecule has 12 heteroatoms. The van der Waals surface area contributed by atoms with Crippen molar-refractivity contribution in [2.45, 2.75) is 42.0 Å². The Bertz CT molecular complexity index is 336. The van der Waals surface area contributed by atoms with Crippen molar-refractivity contribution in [3.8, 4) is 0 Å². The summed E-state index contributed by atoms with van der Waals surface area (Å²) in [6, 6.07) is 0. The van der Waals surface area contributed by atoms with Gasteiger partial charge in [0.25, 0.3) is 0 Å². The third kappa shape index (κ3) is 1.57. The number of hydrogen-bond acceptors (Lipinski definition) is 0. The molecule has 1 aliphatic rings. The van der Waals surface area contributed by atoms with Gasteiger partial charge in [0.2, 0.25) is 12.3 Å². The zero-order valence-electron chi connectivity index (χ0n) is 8.19. The average molecular weight is 314 g/mol. The third-order valence-corrected chi connectivity index (χ3v) is 2.55. The third-order valence-electron chi connectivity index (χ3n) is 2.55. The largest absolute Gasteiger partial charge is 0.378 e. The fourth-order valence-electron chi connectivity index (χ4n) is 1.33. The molecule has 0 spiro atoms. The normalized spacial score (nSPS) is 38.5. The van der Waals surface area contributed by atoms with Crippen molar-refractivity contribution in [2.24, 2.45) is 0 Å². The van der Waals surface area contributed by atoms with Crippen molar-refractivity contribution in [3.05, 3.63) is 0 Å². The highest BCUT2D eigenvalue weighted by Crippen LogP contribution is 2.61. The van der Waals surface area contributed by atoms with Gasteiger partial charge in [-0.3, -0.25) is 0 Å². The van der Waals surface area contributed by atoms with Crippen molar-refractivity contribution < 1.29 is 52.7 Å². The molecule has 0 aromatic heterocycles. The van der Waals surface area contributed by atoms with Crippen LogP contribution in [0.5, 0.6) is 0 Å². The molecule has 0 N–H and O–H groups in total. The van der Waals surface area contributed by atoms with Crippen molar-refractivity contribution in [1.82, 2.24) is 0 Å². The van der Waals surface area contributed by atoms with Gasteiger partial charge in [0.05, 0.1) is 0 Å². The van der Waals surface area contributed by atoms with Crippen molar-refractivity contribution in [3.63, 3.8) is 0 Å². The highest BCUT2D eigenvalue weighted by molar-refractivity contribution is 5.17. The molecule has 0 saturated heterocycles. The van der Waals surface area contributed by atoms with Crippen LogP contribution in [0.3, 0.4) is 0 Å². The Labute approximate surface area is 95.9 Å². The average Bonchev–Trinajstić information content (AvgIpc) is 2.25. The van der Waals surface area contributed by atoms with Gasteiger partial charge in [-0.2, -0.15) is 43.9 Å². The predicted octanol–water partition coefficient (Wildman–Crippen LogP) is 3.85. The van der Waals surface area contributed by atoms with Crippen LogP contribution in [-0.2, 0) is 0 Å². The fraction of sp³-hybridized carbons (Fsp3) is 1.00. The van der Waals surface area contributed by atoms with Crippen molar-refractivity contribution >= 4 is 0 Å². The van der Waals surface area contributed by atoms with Crippen LogP contribution in [0.1, 0.15) is 0 Å². The van der Waals surface area contributed by atoms with Crippen molar-refractivity contribution in [2.75, 3.05) is 0 Å². The van der Waals surface area contributed by atoms with Crippen LogP contribution in [0.15, 0.2) is 0 Å². The molecule has 0 aliphatic heterocycles. The Balaban J connectivity index is 3.67. The summed E-state index contributed by atoms with van der Waals surface area (Å²) in [4.78, 5) is 0. The molecule has 0 nitrogen and oxygen atoms in total. The first-order chi connectivity index (χ1) is 8.06. The summed E-state index contributed by atoms with van der Waals surface area (Å²) in [6.45, 7) is 0. The minimum atomic E-state index is -7.07. The summed E-state index contributed by atoms with van der Waals surface area (Å²) >= 11 is 0. The Morgan fingerprint density at radius 3 is 0.842 bits per heavy atom. The minimum absolute atomic E-state index is 5.70. The summed E-state index contributed by atoms with van der Waals surface area (Å²) < 4.78 is 151. The van der Waals surface area contributed by atoms with Crippen LogP contribution in [0.25, 0.3) is 0 Å². The smallest absolute Gasteiger partial charge is 0.234 e. The predicted molar refractivity (Wildman–Crippen MR) is 34.5 cm³/mol. The van der Waals surface area contributed by atoms with Gasteiger partial charge < -0.3 is 0 Å². The Kier molecular flexibility index (Phi) is 3.09. The van der Waals surface area contributed by atoms with Gasteiger partial charge in [-0.25, -0.2) is 8.78 Å². The van der Waals surface area contributed by atoms with Gasteiger partial charge in [0.15, 0.2) is 0 Å². The zero-order valence-corrected chi connectivity index (χ0v) is 8.19. The maximum atomic E-state index is 12.6. The lowest BCUT2D eigenvalue weighted by atomic mass is 10.0. The lowest BCUT2D eigenvalue weighted by Gasteiger charge is -2.32. The van der Waals surface area contributed by atoms with Crippen molar-refractivity contribution in [1.29, 1.82) is 0 Å². The minimum Gasteiger partial charge on any atom is -0.234 e. The molecule has 114 valence electrons. The van der Waals surface area contributed by atoms with E-state index >= 15 is 0 Å². The van der Waals surface area contributed by atoms with Gasteiger partial charge >= 0.3 is 29.6 Å². The molecule has 1 rings (SSSR count). The van der Waals surface area contributed by atoms with E-state index in [9.17, 15) is 52.7 Å². The molecule has 0 amide bonds. The molecule has 1 aliphatic carbocycles. The second-order valence-electron chi connectivity index (χ2n) is 3.79. The SMILES string of the molecule is F[C@@H]1C(F)(F)C(F)(F)[C@H](F)C(F)(F)C(F)(F)C1(F)F. The number of hydrogen-bond donors (Lipinski definition) is 0. The maximum absolute atomic E-state index is 12.6. The molecule has 0 aromatic rings. The summed E-state index contributed by atoms with van der Waals surface area (Å²) in [5.74, 6) is -34.4. The van der Waals surface area contributed by atoms with E-state index in [2.05, 4.69) is 0 Å². The topological polar surface area (TPSA) is 0 Å². The van der Waals surface area contributed by atoms with Crippen LogP contribution in [0.4, 0.5) is 52.7 Å². The first kappa shape index (κ1) is 16.2. The summed E-state index contributed by atoms with van der Waals surface area (Å²) in [5.41, 5.74) is 0. The van der Waals surface area contributed by atoms with Gasteiger partial charge in [-0.05, 0) is 0 Å². The van der Waals surface area contributed by atoms with E-state index in [4.69, 9.17) is 0 Å². The van der Waals surface area contributed by atoms with E-state index in [1.807, 2.05) is 0 Å². The molecule has 2 atom stereocenters. The van der Waals surface area contributed by atoms with Gasteiger partial charge in [0.1, 0.15) is 0 Å². The standard InChI is InChI=1S/C7H2F12/c8-1-3(10,11)4(12,13)2(9)6(16,17)7(18,19)5(1,14)15/h1-2H/t1-,2+. The molecule has 1 fully saturated rings.